The first kappa shape index (κ1) is 17.6. The number of aliphatic hydroxyl groups excluding tert-OH is 1. The van der Waals surface area contributed by atoms with E-state index in [1.54, 1.807) is 6.07 Å². The Bertz CT molecular complexity index is 617. The number of fused-ring (bicyclic) bond motifs is 3. The lowest BCUT2D eigenvalue weighted by Crippen LogP contribution is -2.64. The third-order valence-corrected chi connectivity index (χ3v) is 5.27. The topological polar surface area (TPSA) is 71.0 Å². The number of rotatable bonds is 3. The Hall–Kier alpha value is -1.18. The van der Waals surface area contributed by atoms with Crippen molar-refractivity contribution in [1.82, 2.24) is 10.2 Å². The highest BCUT2D eigenvalue weighted by Gasteiger charge is 2.36. The summed E-state index contributed by atoms with van der Waals surface area (Å²) in [4.78, 5) is 14.0. The molecule has 2 saturated heterocycles. The number of aliphatic hydroxyl groups is 1. The van der Waals surface area contributed by atoms with Crippen molar-refractivity contribution in [3.05, 3.63) is 34.4 Å². The van der Waals surface area contributed by atoms with Crippen LogP contribution in [-0.4, -0.2) is 60.9 Å². The Balaban J connectivity index is 0.00000169. The summed E-state index contributed by atoms with van der Waals surface area (Å²) in [5.74, 6) is -0.266. The molecule has 3 heterocycles. The molecule has 1 aromatic rings. The van der Waals surface area contributed by atoms with Crippen molar-refractivity contribution in [2.24, 2.45) is 0 Å². The smallest absolute Gasteiger partial charge is 0.338 e. The standard InChI is InChI=1S/C17H22N2O4.ClH/c1-10-13(2-3-14-15(10)9-23-17(14)21)16(20)6-19-11-4-18-5-12(19)8-22-7-11;/h2-3,11-12,16,18,20H,4-9H2,1H3;1H. The highest BCUT2D eigenvalue weighted by molar-refractivity contribution is 5.93. The average molecular weight is 355 g/mol. The predicted octanol–water partition coefficient (Wildman–Crippen LogP) is 0.793. The molecule has 3 aliphatic rings. The molecule has 24 heavy (non-hydrogen) atoms. The second-order valence-corrected chi connectivity index (χ2v) is 6.60. The van der Waals surface area contributed by atoms with E-state index in [0.717, 1.165) is 29.8 Å². The molecule has 3 aliphatic heterocycles. The van der Waals surface area contributed by atoms with Crippen molar-refractivity contribution in [2.45, 2.75) is 31.7 Å². The van der Waals surface area contributed by atoms with E-state index in [9.17, 15) is 9.90 Å². The van der Waals surface area contributed by atoms with Crippen molar-refractivity contribution in [3.63, 3.8) is 0 Å². The largest absolute Gasteiger partial charge is 0.457 e. The number of cyclic esters (lactones) is 1. The van der Waals surface area contributed by atoms with E-state index in [4.69, 9.17) is 9.47 Å². The summed E-state index contributed by atoms with van der Waals surface area (Å²) < 4.78 is 10.7. The minimum absolute atomic E-state index is 0. The van der Waals surface area contributed by atoms with E-state index in [-0.39, 0.29) is 18.4 Å². The lowest BCUT2D eigenvalue weighted by molar-refractivity contribution is -0.0792. The maximum atomic E-state index is 11.6. The first-order chi connectivity index (χ1) is 11.1. The fraction of sp³-hybridized carbons (Fsp3) is 0.588. The van der Waals surface area contributed by atoms with Crippen LogP contribution in [-0.2, 0) is 16.1 Å². The summed E-state index contributed by atoms with van der Waals surface area (Å²) in [5.41, 5.74) is 3.40. The minimum atomic E-state index is -0.572. The normalized spacial score (nSPS) is 27.2. The fourth-order valence-corrected chi connectivity index (χ4v) is 3.92. The molecule has 0 spiro atoms. The lowest BCUT2D eigenvalue weighted by Gasteiger charge is -2.46. The third kappa shape index (κ3) is 2.93. The second-order valence-electron chi connectivity index (χ2n) is 6.60. The monoisotopic (exact) mass is 354 g/mol. The Morgan fingerprint density at radius 3 is 2.75 bits per heavy atom. The van der Waals surface area contributed by atoms with Crippen molar-refractivity contribution < 1.29 is 19.4 Å². The molecule has 4 rings (SSSR count). The Kier molecular flexibility index (Phi) is 5.13. The molecule has 2 bridgehead atoms. The molecule has 7 heteroatoms. The maximum absolute atomic E-state index is 11.6. The van der Waals surface area contributed by atoms with Crippen LogP contribution in [0.4, 0.5) is 0 Å². The van der Waals surface area contributed by atoms with E-state index in [0.29, 0.717) is 44.0 Å². The number of esters is 1. The SMILES string of the molecule is Cc1c(C(O)CN2C3CNCC2COC3)ccc2c1COC2=O.Cl. The first-order valence-corrected chi connectivity index (χ1v) is 8.17. The van der Waals surface area contributed by atoms with Crippen LogP contribution in [0.25, 0.3) is 0 Å². The lowest BCUT2D eigenvalue weighted by atomic mass is 9.94. The van der Waals surface area contributed by atoms with Gasteiger partial charge in [0.1, 0.15) is 6.61 Å². The zero-order valence-electron chi connectivity index (χ0n) is 13.7. The van der Waals surface area contributed by atoms with Gasteiger partial charge in [-0.2, -0.15) is 0 Å². The summed E-state index contributed by atoms with van der Waals surface area (Å²) in [6.07, 6.45) is -0.572. The van der Waals surface area contributed by atoms with Gasteiger partial charge in [0.2, 0.25) is 0 Å². The average Bonchev–Trinajstić information content (AvgIpc) is 2.90. The molecule has 0 saturated carbocycles. The van der Waals surface area contributed by atoms with Crippen LogP contribution in [0.2, 0.25) is 0 Å². The van der Waals surface area contributed by atoms with E-state index >= 15 is 0 Å². The van der Waals surface area contributed by atoms with Crippen LogP contribution >= 0.6 is 12.4 Å². The molecule has 2 N–H and O–H groups in total. The second kappa shape index (κ2) is 6.98. The van der Waals surface area contributed by atoms with Crippen LogP contribution in [0.15, 0.2) is 12.1 Å². The minimum Gasteiger partial charge on any atom is -0.457 e. The summed E-state index contributed by atoms with van der Waals surface area (Å²) in [6.45, 7) is 6.08. The molecule has 3 atom stereocenters. The quantitative estimate of drug-likeness (QED) is 0.782. The number of halogens is 1. The van der Waals surface area contributed by atoms with Gasteiger partial charge in [-0.15, -0.1) is 12.4 Å². The van der Waals surface area contributed by atoms with Gasteiger partial charge in [0, 0.05) is 37.3 Å². The summed E-state index contributed by atoms with van der Waals surface area (Å²) in [5, 5.41) is 14.2. The van der Waals surface area contributed by atoms with Gasteiger partial charge < -0.3 is 19.9 Å². The third-order valence-electron chi connectivity index (χ3n) is 5.27. The molecule has 6 nitrogen and oxygen atoms in total. The molecular weight excluding hydrogens is 332 g/mol. The molecule has 3 unspecified atom stereocenters. The number of nitrogens with one attached hydrogen (secondary N) is 1. The summed E-state index contributed by atoms with van der Waals surface area (Å²) >= 11 is 0. The van der Waals surface area contributed by atoms with Crippen molar-refractivity contribution in [2.75, 3.05) is 32.8 Å². The van der Waals surface area contributed by atoms with Crippen LogP contribution in [0.1, 0.15) is 33.2 Å². The zero-order chi connectivity index (χ0) is 16.0. The van der Waals surface area contributed by atoms with Crippen molar-refractivity contribution in [1.29, 1.82) is 0 Å². The van der Waals surface area contributed by atoms with Crippen LogP contribution in [0, 0.1) is 6.92 Å². The van der Waals surface area contributed by atoms with Crippen molar-refractivity contribution in [3.8, 4) is 0 Å². The summed E-state index contributed by atoms with van der Waals surface area (Å²) in [6, 6.07) is 4.27. The predicted molar refractivity (Wildman–Crippen MR) is 90.5 cm³/mol. The van der Waals surface area contributed by atoms with Gasteiger partial charge in [-0.1, -0.05) is 6.07 Å². The molecule has 0 amide bonds. The van der Waals surface area contributed by atoms with E-state index in [1.807, 2.05) is 13.0 Å². The molecule has 132 valence electrons. The Morgan fingerprint density at radius 2 is 2.04 bits per heavy atom. The van der Waals surface area contributed by atoms with Crippen molar-refractivity contribution >= 4 is 18.4 Å². The number of piperazine rings is 1. The molecule has 0 radical (unpaired) electrons. The van der Waals surface area contributed by atoms with Gasteiger partial charge in [-0.05, 0) is 24.1 Å². The first-order valence-electron chi connectivity index (χ1n) is 8.17. The van der Waals surface area contributed by atoms with Crippen LogP contribution < -0.4 is 5.32 Å². The van der Waals surface area contributed by atoms with Gasteiger partial charge in [-0.3, -0.25) is 4.90 Å². The molecule has 0 aromatic heterocycles. The molecule has 1 aromatic carbocycles. The number of carbonyl (C=O) groups excluding carboxylic acids is 1. The van der Waals surface area contributed by atoms with E-state index in [1.165, 1.54) is 0 Å². The number of benzene rings is 1. The van der Waals surface area contributed by atoms with Gasteiger partial charge in [0.05, 0.1) is 24.9 Å². The number of nitrogens with zero attached hydrogens (tertiary/aromatic N) is 1. The maximum Gasteiger partial charge on any atom is 0.338 e. The van der Waals surface area contributed by atoms with Gasteiger partial charge in [0.25, 0.3) is 0 Å². The highest BCUT2D eigenvalue weighted by Crippen LogP contribution is 2.30. The van der Waals surface area contributed by atoms with E-state index < -0.39 is 6.10 Å². The van der Waals surface area contributed by atoms with Gasteiger partial charge in [0.15, 0.2) is 0 Å². The fourth-order valence-electron chi connectivity index (χ4n) is 3.92. The Morgan fingerprint density at radius 1 is 1.33 bits per heavy atom. The van der Waals surface area contributed by atoms with Gasteiger partial charge in [-0.25, -0.2) is 4.79 Å². The number of hydrogen-bond donors (Lipinski definition) is 2. The Labute approximate surface area is 147 Å². The van der Waals surface area contributed by atoms with Crippen LogP contribution in [0.3, 0.4) is 0 Å². The summed E-state index contributed by atoms with van der Waals surface area (Å²) in [7, 11) is 0. The molecular formula is C17H23ClN2O4. The number of morpholine rings is 1. The number of hydrogen-bond acceptors (Lipinski definition) is 6. The molecule has 0 aliphatic carbocycles. The van der Waals surface area contributed by atoms with Crippen LogP contribution in [0.5, 0.6) is 0 Å². The number of carbonyl (C=O) groups is 1. The number of ether oxygens (including phenoxy) is 2. The molecule has 2 fully saturated rings. The van der Waals surface area contributed by atoms with E-state index in [2.05, 4.69) is 10.2 Å². The zero-order valence-corrected chi connectivity index (χ0v) is 14.5. The van der Waals surface area contributed by atoms with Gasteiger partial charge >= 0.3 is 5.97 Å². The highest BCUT2D eigenvalue weighted by atomic mass is 35.5.